The Morgan fingerprint density at radius 3 is 2.00 bits per heavy atom. The largest absolute Gasteiger partial charge is 0.379 e. The third-order valence-corrected chi connectivity index (χ3v) is 3.38. The molecule has 0 aromatic carbocycles. The Kier molecular flexibility index (Phi) is 13.3. The predicted octanol–water partition coefficient (Wildman–Crippen LogP) is 4.96. The van der Waals surface area contributed by atoms with Crippen LogP contribution in [0, 0.1) is 0 Å². The Morgan fingerprint density at radius 2 is 1.33 bits per heavy atom. The summed E-state index contributed by atoms with van der Waals surface area (Å²) in [5, 5.41) is 0. The third kappa shape index (κ3) is 12.4. The maximum absolute atomic E-state index is 5.73. The van der Waals surface area contributed by atoms with Gasteiger partial charge in [-0.3, -0.25) is 0 Å². The molecule has 2 atom stereocenters. The van der Waals surface area contributed by atoms with Crippen molar-refractivity contribution in [3.05, 3.63) is 0 Å². The van der Waals surface area contributed by atoms with Gasteiger partial charge in [0.25, 0.3) is 0 Å². The minimum Gasteiger partial charge on any atom is -0.379 e. The quantitative estimate of drug-likeness (QED) is 0.435. The molecule has 0 spiro atoms. The standard InChI is InChI=1S/C16H34O2/c1-5-7-13-18-16(4)12-10-8-9-11-14-17-15(3)6-2/h15-16H,5-14H2,1-4H3. The number of hydrogen-bond donors (Lipinski definition) is 0. The van der Waals surface area contributed by atoms with Crippen LogP contribution >= 0.6 is 0 Å². The van der Waals surface area contributed by atoms with Crippen LogP contribution in [0.2, 0.25) is 0 Å². The van der Waals surface area contributed by atoms with Gasteiger partial charge in [-0.1, -0.05) is 39.5 Å². The van der Waals surface area contributed by atoms with Crippen molar-refractivity contribution >= 4 is 0 Å². The Balaban J connectivity index is 3.14. The molecule has 0 radical (unpaired) electrons. The zero-order chi connectivity index (χ0) is 13.6. The van der Waals surface area contributed by atoms with Crippen LogP contribution in [0.3, 0.4) is 0 Å². The molecular formula is C16H34O2. The third-order valence-electron chi connectivity index (χ3n) is 3.38. The average molecular weight is 258 g/mol. The lowest BCUT2D eigenvalue weighted by Crippen LogP contribution is -2.09. The van der Waals surface area contributed by atoms with E-state index in [1.54, 1.807) is 0 Å². The number of ether oxygens (including phenoxy) is 2. The molecule has 0 aliphatic rings. The molecule has 0 amide bonds. The highest BCUT2D eigenvalue weighted by molar-refractivity contribution is 4.52. The van der Waals surface area contributed by atoms with Gasteiger partial charge in [0.1, 0.15) is 0 Å². The number of rotatable bonds is 13. The average Bonchev–Trinajstić information content (AvgIpc) is 2.37. The molecule has 110 valence electrons. The molecule has 0 aromatic heterocycles. The lowest BCUT2D eigenvalue weighted by Gasteiger charge is -2.13. The van der Waals surface area contributed by atoms with E-state index in [1.165, 1.54) is 44.9 Å². The molecule has 2 unspecified atom stereocenters. The number of unbranched alkanes of at least 4 members (excludes halogenated alkanes) is 4. The Morgan fingerprint density at radius 1 is 0.722 bits per heavy atom. The fraction of sp³-hybridized carbons (Fsp3) is 1.00. The summed E-state index contributed by atoms with van der Waals surface area (Å²) < 4.78 is 11.4. The van der Waals surface area contributed by atoms with Crippen LogP contribution in [0.4, 0.5) is 0 Å². The second kappa shape index (κ2) is 13.4. The molecule has 0 heterocycles. The van der Waals surface area contributed by atoms with E-state index in [1.807, 2.05) is 0 Å². The van der Waals surface area contributed by atoms with Gasteiger partial charge in [0.15, 0.2) is 0 Å². The smallest absolute Gasteiger partial charge is 0.0547 e. The van der Waals surface area contributed by atoms with Crippen molar-refractivity contribution in [2.24, 2.45) is 0 Å². The maximum Gasteiger partial charge on any atom is 0.0547 e. The Bertz CT molecular complexity index is 159. The molecule has 0 aromatic rings. The second-order valence-electron chi connectivity index (χ2n) is 5.33. The van der Waals surface area contributed by atoms with Gasteiger partial charge < -0.3 is 9.47 Å². The van der Waals surface area contributed by atoms with E-state index in [4.69, 9.17) is 9.47 Å². The van der Waals surface area contributed by atoms with Crippen molar-refractivity contribution in [2.45, 2.75) is 91.3 Å². The Hall–Kier alpha value is -0.0800. The van der Waals surface area contributed by atoms with Gasteiger partial charge in [0, 0.05) is 13.2 Å². The first-order chi connectivity index (χ1) is 8.70. The van der Waals surface area contributed by atoms with Gasteiger partial charge in [-0.15, -0.1) is 0 Å². The van der Waals surface area contributed by atoms with Gasteiger partial charge in [-0.05, 0) is 39.5 Å². The van der Waals surface area contributed by atoms with E-state index >= 15 is 0 Å². The van der Waals surface area contributed by atoms with Crippen molar-refractivity contribution in [3.63, 3.8) is 0 Å². The van der Waals surface area contributed by atoms with Crippen LogP contribution in [0.5, 0.6) is 0 Å². The summed E-state index contributed by atoms with van der Waals surface area (Å²) in [4.78, 5) is 0. The molecule has 0 bridgehead atoms. The minimum absolute atomic E-state index is 0.428. The molecule has 0 fully saturated rings. The summed E-state index contributed by atoms with van der Waals surface area (Å²) in [6.07, 6.45) is 10.7. The van der Waals surface area contributed by atoms with Crippen molar-refractivity contribution < 1.29 is 9.47 Å². The summed E-state index contributed by atoms with van der Waals surface area (Å²) in [5.74, 6) is 0. The summed E-state index contributed by atoms with van der Waals surface area (Å²) in [6, 6.07) is 0. The van der Waals surface area contributed by atoms with Crippen LogP contribution in [0.15, 0.2) is 0 Å². The fourth-order valence-electron chi connectivity index (χ4n) is 1.80. The SMILES string of the molecule is CCCCOC(C)CCCCCCOC(C)CC. The molecule has 0 saturated heterocycles. The molecule has 0 rings (SSSR count). The van der Waals surface area contributed by atoms with Crippen LogP contribution in [0.25, 0.3) is 0 Å². The van der Waals surface area contributed by atoms with Gasteiger partial charge in [-0.2, -0.15) is 0 Å². The van der Waals surface area contributed by atoms with Crippen molar-refractivity contribution in [3.8, 4) is 0 Å². The molecule has 18 heavy (non-hydrogen) atoms. The van der Waals surface area contributed by atoms with E-state index < -0.39 is 0 Å². The summed E-state index contributed by atoms with van der Waals surface area (Å²) >= 11 is 0. The van der Waals surface area contributed by atoms with Gasteiger partial charge in [0.05, 0.1) is 12.2 Å². The van der Waals surface area contributed by atoms with Crippen LogP contribution in [-0.4, -0.2) is 25.4 Å². The molecule has 0 aliphatic carbocycles. The second-order valence-corrected chi connectivity index (χ2v) is 5.33. The zero-order valence-corrected chi connectivity index (χ0v) is 13.0. The predicted molar refractivity (Wildman–Crippen MR) is 79.1 cm³/mol. The van der Waals surface area contributed by atoms with Crippen molar-refractivity contribution in [2.75, 3.05) is 13.2 Å². The highest BCUT2D eigenvalue weighted by Gasteiger charge is 2.02. The highest BCUT2D eigenvalue weighted by atomic mass is 16.5. The maximum atomic E-state index is 5.73. The monoisotopic (exact) mass is 258 g/mol. The molecular weight excluding hydrogens is 224 g/mol. The summed E-state index contributed by atoms with van der Waals surface area (Å²) in [7, 11) is 0. The lowest BCUT2D eigenvalue weighted by molar-refractivity contribution is 0.0543. The van der Waals surface area contributed by atoms with Crippen molar-refractivity contribution in [1.29, 1.82) is 0 Å². The first-order valence-electron chi connectivity index (χ1n) is 7.93. The normalized spacial score (nSPS) is 14.7. The van der Waals surface area contributed by atoms with E-state index in [9.17, 15) is 0 Å². The summed E-state index contributed by atoms with van der Waals surface area (Å²) in [6.45, 7) is 10.6. The number of hydrogen-bond acceptors (Lipinski definition) is 2. The molecule has 0 saturated carbocycles. The van der Waals surface area contributed by atoms with E-state index in [0.717, 1.165) is 19.6 Å². The zero-order valence-electron chi connectivity index (χ0n) is 13.0. The topological polar surface area (TPSA) is 18.5 Å². The molecule has 2 nitrogen and oxygen atoms in total. The minimum atomic E-state index is 0.428. The van der Waals surface area contributed by atoms with E-state index in [2.05, 4.69) is 27.7 Å². The van der Waals surface area contributed by atoms with Gasteiger partial charge in [-0.25, -0.2) is 0 Å². The van der Waals surface area contributed by atoms with Crippen LogP contribution < -0.4 is 0 Å². The van der Waals surface area contributed by atoms with Gasteiger partial charge in [0.2, 0.25) is 0 Å². The highest BCUT2D eigenvalue weighted by Crippen LogP contribution is 2.09. The van der Waals surface area contributed by atoms with Crippen LogP contribution in [-0.2, 0) is 9.47 Å². The first-order valence-corrected chi connectivity index (χ1v) is 7.93. The first kappa shape index (κ1) is 17.9. The van der Waals surface area contributed by atoms with Crippen molar-refractivity contribution in [1.82, 2.24) is 0 Å². The van der Waals surface area contributed by atoms with E-state index in [-0.39, 0.29) is 0 Å². The Labute approximate surface area is 114 Å². The van der Waals surface area contributed by atoms with Crippen LogP contribution in [0.1, 0.15) is 79.1 Å². The van der Waals surface area contributed by atoms with Gasteiger partial charge >= 0.3 is 0 Å². The molecule has 0 aliphatic heterocycles. The lowest BCUT2D eigenvalue weighted by atomic mass is 10.1. The fourth-order valence-corrected chi connectivity index (χ4v) is 1.80. The molecule has 2 heteroatoms. The molecule has 0 N–H and O–H groups in total. The summed E-state index contributed by atoms with van der Waals surface area (Å²) in [5.41, 5.74) is 0. The van der Waals surface area contributed by atoms with E-state index in [0.29, 0.717) is 12.2 Å².